The van der Waals surface area contributed by atoms with Crippen LogP contribution in [0, 0.1) is 19.3 Å². The largest absolute Gasteiger partial charge is 0.264 e. The molecule has 0 aliphatic heterocycles. The summed E-state index contributed by atoms with van der Waals surface area (Å²) in [5.41, 5.74) is 4.28. The molecule has 0 amide bonds. The number of pyridine rings is 1. The van der Waals surface area contributed by atoms with E-state index in [1.807, 2.05) is 36.5 Å². The summed E-state index contributed by atoms with van der Waals surface area (Å²) in [6.45, 7) is 2.06. The fourth-order valence-corrected chi connectivity index (χ4v) is 1.59. The molecule has 1 nitrogen and oxygen atoms in total. The van der Waals surface area contributed by atoms with E-state index >= 15 is 0 Å². The zero-order valence-corrected chi connectivity index (χ0v) is 8.57. The van der Waals surface area contributed by atoms with Crippen LogP contribution in [-0.2, 0) is 0 Å². The third kappa shape index (κ3) is 1.75. The Morgan fingerprint density at radius 1 is 1.13 bits per heavy atom. The van der Waals surface area contributed by atoms with Crippen LogP contribution in [0.4, 0.5) is 0 Å². The summed E-state index contributed by atoms with van der Waals surface area (Å²) in [6.07, 6.45) is 9.11. The normalized spacial score (nSPS) is 9.60. The molecule has 72 valence electrons. The van der Waals surface area contributed by atoms with Gasteiger partial charge in [-0.1, -0.05) is 24.1 Å². The molecule has 0 N–H and O–H groups in total. The number of aryl methyl sites for hydroxylation is 1. The molecule has 0 saturated heterocycles. The topological polar surface area (TPSA) is 12.9 Å². The van der Waals surface area contributed by atoms with Crippen molar-refractivity contribution in [1.29, 1.82) is 0 Å². The van der Waals surface area contributed by atoms with Crippen molar-refractivity contribution in [3.63, 3.8) is 0 Å². The first-order chi connectivity index (χ1) is 7.33. The number of rotatable bonds is 1. The van der Waals surface area contributed by atoms with E-state index < -0.39 is 0 Å². The van der Waals surface area contributed by atoms with E-state index in [0.717, 1.165) is 16.7 Å². The zero-order valence-electron chi connectivity index (χ0n) is 8.57. The van der Waals surface area contributed by atoms with Crippen LogP contribution >= 0.6 is 0 Å². The first-order valence-electron chi connectivity index (χ1n) is 4.79. The molecule has 1 heterocycles. The van der Waals surface area contributed by atoms with Crippen molar-refractivity contribution >= 4 is 0 Å². The first-order valence-corrected chi connectivity index (χ1v) is 4.79. The fourth-order valence-electron chi connectivity index (χ4n) is 1.59. The highest BCUT2D eigenvalue weighted by atomic mass is 14.6. The molecule has 0 atom stereocenters. The second-order valence-corrected chi connectivity index (χ2v) is 3.38. The minimum Gasteiger partial charge on any atom is -0.264 e. The maximum atomic E-state index is 5.47. The Hall–Kier alpha value is -2.07. The van der Waals surface area contributed by atoms with Crippen molar-refractivity contribution in [1.82, 2.24) is 4.98 Å². The molecule has 0 aliphatic rings. The predicted octanol–water partition coefficient (Wildman–Crippen LogP) is 3.04. The third-order valence-corrected chi connectivity index (χ3v) is 2.41. The summed E-state index contributed by atoms with van der Waals surface area (Å²) in [6, 6.07) is 9.90. The summed E-state index contributed by atoms with van der Waals surface area (Å²) in [7, 11) is 0. The molecule has 0 unspecified atom stereocenters. The van der Waals surface area contributed by atoms with Gasteiger partial charge in [-0.05, 0) is 30.2 Å². The lowest BCUT2D eigenvalue weighted by atomic mass is 9.98. The van der Waals surface area contributed by atoms with E-state index in [-0.39, 0.29) is 0 Å². The lowest BCUT2D eigenvalue weighted by Gasteiger charge is -2.06. The number of hydrogen-bond donors (Lipinski definition) is 0. The van der Waals surface area contributed by atoms with Crippen LogP contribution in [-0.4, -0.2) is 4.98 Å². The Kier molecular flexibility index (Phi) is 2.51. The predicted molar refractivity (Wildman–Crippen MR) is 62.3 cm³/mol. The maximum Gasteiger partial charge on any atom is 0.0349 e. The minimum absolute atomic E-state index is 0.911. The van der Waals surface area contributed by atoms with Gasteiger partial charge in [0.1, 0.15) is 0 Å². The number of terminal acetylenes is 1. The van der Waals surface area contributed by atoms with Gasteiger partial charge in [0, 0.05) is 23.5 Å². The summed E-state index contributed by atoms with van der Waals surface area (Å²) in [4.78, 5) is 4.13. The van der Waals surface area contributed by atoms with Crippen molar-refractivity contribution in [3.05, 3.63) is 53.9 Å². The van der Waals surface area contributed by atoms with Crippen LogP contribution in [0.1, 0.15) is 11.1 Å². The molecule has 0 spiro atoms. The first kappa shape index (κ1) is 9.48. The van der Waals surface area contributed by atoms with Crippen molar-refractivity contribution in [2.75, 3.05) is 0 Å². The minimum atomic E-state index is 0.911. The van der Waals surface area contributed by atoms with E-state index in [1.54, 1.807) is 6.20 Å². The second kappa shape index (κ2) is 3.98. The lowest BCUT2D eigenvalue weighted by Crippen LogP contribution is -1.88. The van der Waals surface area contributed by atoms with Gasteiger partial charge < -0.3 is 0 Å². The van der Waals surface area contributed by atoms with Crippen LogP contribution in [0.15, 0.2) is 42.7 Å². The van der Waals surface area contributed by atoms with Gasteiger partial charge in [0.05, 0.1) is 0 Å². The molecule has 2 rings (SSSR count). The summed E-state index contributed by atoms with van der Waals surface area (Å²) < 4.78 is 0. The summed E-state index contributed by atoms with van der Waals surface area (Å²) in [5.74, 6) is 2.69. The van der Waals surface area contributed by atoms with Gasteiger partial charge in [0.2, 0.25) is 0 Å². The van der Waals surface area contributed by atoms with Crippen LogP contribution in [0.2, 0.25) is 0 Å². The third-order valence-electron chi connectivity index (χ3n) is 2.41. The smallest absolute Gasteiger partial charge is 0.0349 e. The van der Waals surface area contributed by atoms with E-state index in [1.165, 1.54) is 5.56 Å². The van der Waals surface area contributed by atoms with Gasteiger partial charge in [-0.25, -0.2) is 0 Å². The monoisotopic (exact) mass is 193 g/mol. The highest BCUT2D eigenvalue weighted by molar-refractivity contribution is 5.72. The molecule has 2 aromatic rings. The quantitative estimate of drug-likeness (QED) is 0.634. The molecular weight excluding hydrogens is 182 g/mol. The van der Waals surface area contributed by atoms with Gasteiger partial charge in [0.25, 0.3) is 0 Å². The van der Waals surface area contributed by atoms with Crippen molar-refractivity contribution in [3.8, 4) is 23.5 Å². The Morgan fingerprint density at radius 3 is 2.67 bits per heavy atom. The van der Waals surface area contributed by atoms with E-state index in [9.17, 15) is 0 Å². The molecule has 0 bridgehead atoms. The average Bonchev–Trinajstić information content (AvgIpc) is 2.30. The van der Waals surface area contributed by atoms with Gasteiger partial charge in [-0.15, -0.1) is 6.42 Å². The number of benzene rings is 1. The Balaban J connectivity index is 2.65. The molecule has 1 aromatic heterocycles. The van der Waals surface area contributed by atoms with Crippen LogP contribution in [0.25, 0.3) is 11.1 Å². The molecule has 0 radical (unpaired) electrons. The maximum absolute atomic E-state index is 5.47. The Labute approximate surface area is 89.8 Å². The van der Waals surface area contributed by atoms with E-state index in [2.05, 4.69) is 17.8 Å². The SMILES string of the molecule is C#Cc1ccccc1-c1cnccc1C. The molecule has 15 heavy (non-hydrogen) atoms. The van der Waals surface area contributed by atoms with Crippen molar-refractivity contribution in [2.45, 2.75) is 6.92 Å². The molecule has 1 aromatic carbocycles. The van der Waals surface area contributed by atoms with Gasteiger partial charge in [-0.3, -0.25) is 4.98 Å². The average molecular weight is 193 g/mol. The van der Waals surface area contributed by atoms with Gasteiger partial charge in [-0.2, -0.15) is 0 Å². The molecule has 0 aliphatic carbocycles. The highest BCUT2D eigenvalue weighted by Crippen LogP contribution is 2.25. The van der Waals surface area contributed by atoms with Crippen LogP contribution in [0.3, 0.4) is 0 Å². The standard InChI is InChI=1S/C14H11N/c1-3-12-6-4-5-7-13(12)14-10-15-9-8-11(14)2/h1,4-10H,2H3. The van der Waals surface area contributed by atoms with Crippen molar-refractivity contribution in [2.24, 2.45) is 0 Å². The van der Waals surface area contributed by atoms with Gasteiger partial charge in [0.15, 0.2) is 0 Å². The molecule has 0 fully saturated rings. The Morgan fingerprint density at radius 2 is 1.93 bits per heavy atom. The molecular formula is C14H11N. The highest BCUT2D eigenvalue weighted by Gasteiger charge is 2.04. The Bertz CT molecular complexity index is 521. The van der Waals surface area contributed by atoms with E-state index in [0.29, 0.717) is 0 Å². The number of nitrogens with zero attached hydrogens (tertiary/aromatic N) is 1. The number of hydrogen-bond acceptors (Lipinski definition) is 1. The van der Waals surface area contributed by atoms with Crippen molar-refractivity contribution < 1.29 is 0 Å². The zero-order chi connectivity index (χ0) is 10.7. The summed E-state index contributed by atoms with van der Waals surface area (Å²) >= 11 is 0. The fraction of sp³-hybridized carbons (Fsp3) is 0.0714. The second-order valence-electron chi connectivity index (χ2n) is 3.38. The van der Waals surface area contributed by atoms with Crippen LogP contribution in [0.5, 0.6) is 0 Å². The van der Waals surface area contributed by atoms with Crippen LogP contribution < -0.4 is 0 Å². The summed E-state index contributed by atoms with van der Waals surface area (Å²) in [5, 5.41) is 0. The van der Waals surface area contributed by atoms with E-state index in [4.69, 9.17) is 6.42 Å². The molecule has 0 saturated carbocycles. The number of aromatic nitrogens is 1. The lowest BCUT2D eigenvalue weighted by molar-refractivity contribution is 1.28. The van der Waals surface area contributed by atoms with Gasteiger partial charge >= 0.3 is 0 Å². The molecule has 1 heteroatoms.